The summed E-state index contributed by atoms with van der Waals surface area (Å²) in [4.78, 5) is 0. The van der Waals surface area contributed by atoms with E-state index in [1.807, 2.05) is 0 Å². The van der Waals surface area contributed by atoms with Crippen molar-refractivity contribution in [2.24, 2.45) is 0 Å². The zero-order valence-electron chi connectivity index (χ0n) is 7.50. The van der Waals surface area contributed by atoms with E-state index in [4.69, 9.17) is 0 Å². The van der Waals surface area contributed by atoms with Gasteiger partial charge in [0.15, 0.2) is 0 Å². The normalized spacial score (nSPS) is 13.6. The van der Waals surface area contributed by atoms with Gasteiger partial charge >= 0.3 is 68.1 Å². The fourth-order valence-electron chi connectivity index (χ4n) is 1.12. The third kappa shape index (κ3) is 8.71. The van der Waals surface area contributed by atoms with Gasteiger partial charge < -0.3 is 0 Å². The summed E-state index contributed by atoms with van der Waals surface area (Å²) in [7, 11) is 0. The molecule has 0 aromatic rings. The number of hydrogen-bond acceptors (Lipinski definition) is 0. The first-order chi connectivity index (χ1) is 3.71. The molecule has 0 rings (SSSR count). The Bertz CT molecular complexity index is 69.7. The van der Waals surface area contributed by atoms with E-state index in [0.29, 0.717) is 7.44 Å². The van der Waals surface area contributed by atoms with Crippen molar-refractivity contribution in [3.05, 3.63) is 0 Å². The molecule has 0 aliphatic carbocycles. The van der Waals surface area contributed by atoms with Crippen LogP contribution in [-0.2, 0) is 19.2 Å². The monoisotopic (exact) mass is 162 g/mol. The van der Waals surface area contributed by atoms with Gasteiger partial charge in [0.25, 0.3) is 0 Å². The third-order valence-electron chi connectivity index (χ3n) is 0.750. The molecule has 0 atom stereocenters. The molecule has 0 aromatic heterocycles. The maximum atomic E-state index is 2.35. The molecule has 0 aliphatic heterocycles. The van der Waals surface area contributed by atoms with Gasteiger partial charge in [0, 0.05) is 0 Å². The van der Waals surface area contributed by atoms with Crippen molar-refractivity contribution >= 4 is 0 Å². The third-order valence-corrected chi connectivity index (χ3v) is 3.09. The van der Waals surface area contributed by atoms with Crippen molar-refractivity contribution in [3.8, 4) is 0 Å². The van der Waals surface area contributed by atoms with Gasteiger partial charge in [0.05, 0.1) is 0 Å². The number of rotatable bonds is 0. The van der Waals surface area contributed by atoms with Crippen LogP contribution < -0.4 is 0 Å². The number of hydrogen-bond donors (Lipinski definition) is 0. The summed E-state index contributed by atoms with van der Waals surface area (Å²) in [5, 5.41) is 0. The quantitative estimate of drug-likeness (QED) is 0.478. The molecule has 0 spiro atoms. The molecular formula is C8H18Ti. The van der Waals surface area contributed by atoms with E-state index >= 15 is 0 Å². The van der Waals surface area contributed by atoms with Gasteiger partial charge in [-0.3, -0.25) is 0 Å². The van der Waals surface area contributed by atoms with Crippen molar-refractivity contribution < 1.29 is 19.2 Å². The minimum absolute atomic E-state index is 0.208. The molecule has 9 heavy (non-hydrogen) atoms. The molecule has 0 radical (unpaired) electrons. The molecule has 0 saturated carbocycles. The Hall–Kier alpha value is 0.714. The van der Waals surface area contributed by atoms with Crippen LogP contribution in [-0.4, -0.2) is 0 Å². The Labute approximate surface area is 68.3 Å². The molecule has 0 saturated heterocycles. The zero-order chi connectivity index (χ0) is 7.71. The van der Waals surface area contributed by atoms with Crippen LogP contribution in [0, 0.1) is 0 Å². The Morgan fingerprint density at radius 1 is 0.667 bits per heavy atom. The molecule has 1 heteroatoms. The molecule has 0 heterocycles. The van der Waals surface area contributed by atoms with Gasteiger partial charge in [0.2, 0.25) is 0 Å². The van der Waals surface area contributed by atoms with Gasteiger partial charge in [-0.15, -0.1) is 0 Å². The van der Waals surface area contributed by atoms with Crippen molar-refractivity contribution in [2.75, 3.05) is 0 Å². The molecule has 54 valence electrons. The van der Waals surface area contributed by atoms with Gasteiger partial charge in [-0.25, -0.2) is 0 Å². The van der Waals surface area contributed by atoms with Crippen LogP contribution in [0.2, 0.25) is 7.44 Å². The average molecular weight is 162 g/mol. The van der Waals surface area contributed by atoms with Gasteiger partial charge in [-0.05, 0) is 0 Å². The first-order valence-corrected chi connectivity index (χ1v) is 5.06. The molecule has 0 unspecified atom stereocenters. The average Bonchev–Trinajstić information content (AvgIpc) is 1.14. The topological polar surface area (TPSA) is 0 Å². The van der Waals surface area contributed by atoms with Crippen LogP contribution in [0.15, 0.2) is 0 Å². The van der Waals surface area contributed by atoms with Crippen LogP contribution in [0.5, 0.6) is 0 Å². The summed E-state index contributed by atoms with van der Waals surface area (Å²) >= 11 is 0.208. The SMILES string of the molecule is C[C](C)(C)[Ti][C](C)(C)C. The van der Waals surface area contributed by atoms with E-state index in [1.165, 1.54) is 0 Å². The van der Waals surface area contributed by atoms with Crippen molar-refractivity contribution in [1.82, 2.24) is 0 Å². The second-order valence-corrected chi connectivity index (χ2v) is 9.70. The Balaban J connectivity index is 3.75. The van der Waals surface area contributed by atoms with E-state index in [9.17, 15) is 0 Å². The molecule has 0 N–H and O–H groups in total. The van der Waals surface area contributed by atoms with E-state index in [0.717, 1.165) is 0 Å². The summed E-state index contributed by atoms with van der Waals surface area (Å²) in [6.07, 6.45) is 0. The Morgan fingerprint density at radius 3 is 0.889 bits per heavy atom. The molecule has 0 nitrogen and oxygen atoms in total. The summed E-state index contributed by atoms with van der Waals surface area (Å²) in [6, 6.07) is 0. The van der Waals surface area contributed by atoms with Crippen LogP contribution in [0.1, 0.15) is 41.5 Å². The van der Waals surface area contributed by atoms with Gasteiger partial charge in [0.1, 0.15) is 0 Å². The molecular weight excluding hydrogens is 144 g/mol. The van der Waals surface area contributed by atoms with E-state index in [1.54, 1.807) is 0 Å². The predicted octanol–water partition coefficient (Wildman–Crippen LogP) is 3.51. The Kier molecular flexibility index (Phi) is 2.98. The fraction of sp³-hybridized carbons (Fsp3) is 1.00. The van der Waals surface area contributed by atoms with E-state index < -0.39 is 0 Å². The molecule has 0 bridgehead atoms. The second kappa shape index (κ2) is 2.76. The first-order valence-electron chi connectivity index (χ1n) is 3.50. The molecule has 0 amide bonds. The predicted molar refractivity (Wildman–Crippen MR) is 39.4 cm³/mol. The maximum absolute atomic E-state index is 2.35. The molecule has 0 aliphatic rings. The minimum atomic E-state index is 0.208. The fourth-order valence-corrected chi connectivity index (χ4v) is 4.64. The first kappa shape index (κ1) is 9.71. The van der Waals surface area contributed by atoms with Crippen molar-refractivity contribution in [3.63, 3.8) is 0 Å². The molecule has 0 fully saturated rings. The molecule has 0 aromatic carbocycles. The summed E-state index contributed by atoms with van der Waals surface area (Å²) in [5.41, 5.74) is 0. The standard InChI is InChI=1S/2C4H9.Ti/c2*1-4(2)3;/h2*1-3H3;. The van der Waals surface area contributed by atoms with Crippen LogP contribution in [0.3, 0.4) is 0 Å². The summed E-state index contributed by atoms with van der Waals surface area (Å²) in [6.45, 7) is 14.1. The Morgan fingerprint density at radius 2 is 0.889 bits per heavy atom. The van der Waals surface area contributed by atoms with Crippen molar-refractivity contribution in [1.29, 1.82) is 0 Å². The van der Waals surface area contributed by atoms with E-state index in [-0.39, 0.29) is 19.2 Å². The van der Waals surface area contributed by atoms with Gasteiger partial charge in [-0.1, -0.05) is 0 Å². The van der Waals surface area contributed by atoms with Crippen LogP contribution in [0.25, 0.3) is 0 Å². The second-order valence-electron chi connectivity index (χ2n) is 4.62. The van der Waals surface area contributed by atoms with E-state index in [2.05, 4.69) is 41.5 Å². The summed E-state index contributed by atoms with van der Waals surface area (Å²) < 4.78 is 1.22. The van der Waals surface area contributed by atoms with Crippen LogP contribution >= 0.6 is 0 Å². The van der Waals surface area contributed by atoms with Crippen molar-refractivity contribution in [2.45, 2.75) is 49.0 Å². The zero-order valence-corrected chi connectivity index (χ0v) is 9.06. The van der Waals surface area contributed by atoms with Gasteiger partial charge in [-0.2, -0.15) is 0 Å². The van der Waals surface area contributed by atoms with Crippen LogP contribution in [0.4, 0.5) is 0 Å². The summed E-state index contributed by atoms with van der Waals surface area (Å²) in [5.74, 6) is 0.